The Bertz CT molecular complexity index is 801. The van der Waals surface area contributed by atoms with E-state index in [2.05, 4.69) is 27.2 Å². The van der Waals surface area contributed by atoms with E-state index < -0.39 is 0 Å². The highest BCUT2D eigenvalue weighted by Crippen LogP contribution is 2.25. The summed E-state index contributed by atoms with van der Waals surface area (Å²) >= 11 is 0. The van der Waals surface area contributed by atoms with Crippen LogP contribution in [0.15, 0.2) is 40.9 Å². The third-order valence-electron chi connectivity index (χ3n) is 3.81. The van der Waals surface area contributed by atoms with Crippen LogP contribution in [0.1, 0.15) is 17.8 Å². The molecule has 0 saturated carbocycles. The van der Waals surface area contributed by atoms with Gasteiger partial charge in [0.2, 0.25) is 11.7 Å². The van der Waals surface area contributed by atoms with E-state index in [1.54, 1.807) is 6.92 Å². The lowest BCUT2D eigenvalue weighted by Gasteiger charge is -2.32. The highest BCUT2D eigenvalue weighted by molar-refractivity contribution is 5.80. The number of aromatic nitrogens is 3. The largest absolute Gasteiger partial charge is 0.366 e. The van der Waals surface area contributed by atoms with Gasteiger partial charge in [-0.1, -0.05) is 23.4 Å². The molecule has 6 heteroatoms. The SMILES string of the molecule is Cc1nc(C2CN(c3ccc4ccccc4n3)CCO2)no1. The average molecular weight is 296 g/mol. The molecule has 1 saturated heterocycles. The third kappa shape index (κ3) is 2.42. The molecule has 2 aromatic heterocycles. The minimum Gasteiger partial charge on any atom is -0.366 e. The number of morpholine rings is 1. The Morgan fingerprint density at radius 3 is 2.91 bits per heavy atom. The van der Waals surface area contributed by atoms with Crippen LogP contribution in [0.4, 0.5) is 5.82 Å². The molecule has 1 aliphatic heterocycles. The molecule has 0 aliphatic carbocycles. The van der Waals surface area contributed by atoms with Gasteiger partial charge in [0, 0.05) is 18.9 Å². The van der Waals surface area contributed by atoms with E-state index in [0.717, 1.165) is 23.3 Å². The summed E-state index contributed by atoms with van der Waals surface area (Å²) in [6.07, 6.45) is -0.181. The molecular formula is C16H16N4O2. The van der Waals surface area contributed by atoms with Crippen LogP contribution in [0.5, 0.6) is 0 Å². The molecular weight excluding hydrogens is 280 g/mol. The molecule has 1 aliphatic rings. The fourth-order valence-corrected chi connectivity index (χ4v) is 2.69. The molecule has 6 nitrogen and oxygen atoms in total. The van der Waals surface area contributed by atoms with E-state index in [-0.39, 0.29) is 6.10 Å². The van der Waals surface area contributed by atoms with Crippen molar-refractivity contribution >= 4 is 16.7 Å². The molecule has 0 amide bonds. The number of nitrogens with zero attached hydrogens (tertiary/aromatic N) is 4. The topological polar surface area (TPSA) is 64.3 Å². The minimum atomic E-state index is -0.181. The Hall–Kier alpha value is -2.47. The van der Waals surface area contributed by atoms with Crippen LogP contribution < -0.4 is 4.90 Å². The first-order chi connectivity index (χ1) is 10.8. The van der Waals surface area contributed by atoms with Crippen molar-refractivity contribution in [2.75, 3.05) is 24.6 Å². The fourth-order valence-electron chi connectivity index (χ4n) is 2.69. The molecule has 1 fully saturated rings. The van der Waals surface area contributed by atoms with E-state index >= 15 is 0 Å². The van der Waals surface area contributed by atoms with E-state index in [9.17, 15) is 0 Å². The van der Waals surface area contributed by atoms with Crippen molar-refractivity contribution in [3.8, 4) is 0 Å². The molecule has 1 unspecified atom stereocenters. The Kier molecular flexibility index (Phi) is 3.23. The van der Waals surface area contributed by atoms with E-state index in [1.807, 2.05) is 24.3 Å². The van der Waals surface area contributed by atoms with Crippen molar-refractivity contribution < 1.29 is 9.26 Å². The predicted molar refractivity (Wildman–Crippen MR) is 81.7 cm³/mol. The first kappa shape index (κ1) is 13.2. The van der Waals surface area contributed by atoms with Crippen molar-refractivity contribution in [1.82, 2.24) is 15.1 Å². The van der Waals surface area contributed by atoms with Gasteiger partial charge in [-0.05, 0) is 18.2 Å². The molecule has 1 aromatic carbocycles. The number of fused-ring (bicyclic) bond motifs is 1. The maximum atomic E-state index is 5.76. The molecule has 112 valence electrons. The molecule has 4 rings (SSSR count). The Morgan fingerprint density at radius 1 is 1.14 bits per heavy atom. The van der Waals surface area contributed by atoms with Crippen molar-refractivity contribution in [2.24, 2.45) is 0 Å². The second-order valence-corrected chi connectivity index (χ2v) is 5.34. The van der Waals surface area contributed by atoms with E-state index in [0.29, 0.717) is 24.9 Å². The van der Waals surface area contributed by atoms with Gasteiger partial charge in [-0.2, -0.15) is 4.98 Å². The summed E-state index contributed by atoms with van der Waals surface area (Å²) < 4.78 is 10.8. The van der Waals surface area contributed by atoms with Crippen LogP contribution in [0, 0.1) is 6.92 Å². The van der Waals surface area contributed by atoms with Crippen LogP contribution >= 0.6 is 0 Å². The number of rotatable bonds is 2. The smallest absolute Gasteiger partial charge is 0.223 e. The quantitative estimate of drug-likeness (QED) is 0.724. The van der Waals surface area contributed by atoms with E-state index in [4.69, 9.17) is 14.2 Å². The number of pyridine rings is 1. The maximum absolute atomic E-state index is 5.76. The zero-order valence-electron chi connectivity index (χ0n) is 12.3. The zero-order chi connectivity index (χ0) is 14.9. The summed E-state index contributed by atoms with van der Waals surface area (Å²) in [5.74, 6) is 2.11. The Balaban J connectivity index is 1.60. The van der Waals surface area contributed by atoms with Gasteiger partial charge in [0.05, 0.1) is 18.7 Å². The summed E-state index contributed by atoms with van der Waals surface area (Å²) in [6.45, 7) is 3.87. The molecule has 3 aromatic rings. The Labute approximate surface area is 127 Å². The molecule has 3 heterocycles. The number of hydrogen-bond acceptors (Lipinski definition) is 6. The first-order valence-corrected chi connectivity index (χ1v) is 7.32. The van der Waals surface area contributed by atoms with Gasteiger partial charge < -0.3 is 14.2 Å². The van der Waals surface area contributed by atoms with Crippen molar-refractivity contribution in [1.29, 1.82) is 0 Å². The second-order valence-electron chi connectivity index (χ2n) is 5.34. The summed E-state index contributed by atoms with van der Waals surface area (Å²) in [5, 5.41) is 5.10. The predicted octanol–water partition coefficient (Wildman–Crippen LogP) is 2.50. The van der Waals surface area contributed by atoms with Crippen LogP contribution in [0.2, 0.25) is 0 Å². The molecule has 0 spiro atoms. The van der Waals surface area contributed by atoms with Gasteiger partial charge in [-0.25, -0.2) is 4.98 Å². The van der Waals surface area contributed by atoms with Gasteiger partial charge in [0.1, 0.15) is 11.9 Å². The molecule has 0 bridgehead atoms. The summed E-state index contributed by atoms with van der Waals surface area (Å²) in [7, 11) is 0. The van der Waals surface area contributed by atoms with Crippen LogP contribution in [-0.2, 0) is 4.74 Å². The molecule has 0 N–H and O–H groups in total. The normalized spacial score (nSPS) is 18.8. The van der Waals surface area contributed by atoms with Crippen LogP contribution in [0.25, 0.3) is 10.9 Å². The van der Waals surface area contributed by atoms with Gasteiger partial charge in [0.25, 0.3) is 0 Å². The van der Waals surface area contributed by atoms with Crippen molar-refractivity contribution in [3.63, 3.8) is 0 Å². The van der Waals surface area contributed by atoms with Gasteiger partial charge in [0.15, 0.2) is 0 Å². The standard InChI is InChI=1S/C16H16N4O2/c1-11-17-16(19-22-11)14-10-20(8-9-21-14)15-7-6-12-4-2-3-5-13(12)18-15/h2-7,14H,8-10H2,1H3. The van der Waals surface area contributed by atoms with Crippen molar-refractivity contribution in [2.45, 2.75) is 13.0 Å². The number of benzene rings is 1. The fraction of sp³-hybridized carbons (Fsp3) is 0.312. The van der Waals surface area contributed by atoms with Gasteiger partial charge in [-0.15, -0.1) is 0 Å². The average Bonchev–Trinajstić information content (AvgIpc) is 3.01. The number of anilines is 1. The third-order valence-corrected chi connectivity index (χ3v) is 3.81. The van der Waals surface area contributed by atoms with E-state index in [1.165, 1.54) is 0 Å². The summed E-state index contributed by atoms with van der Waals surface area (Å²) in [6, 6.07) is 12.3. The van der Waals surface area contributed by atoms with Crippen molar-refractivity contribution in [3.05, 3.63) is 48.1 Å². The number of aryl methyl sites for hydroxylation is 1. The maximum Gasteiger partial charge on any atom is 0.223 e. The van der Waals surface area contributed by atoms with Gasteiger partial charge >= 0.3 is 0 Å². The monoisotopic (exact) mass is 296 g/mol. The highest BCUT2D eigenvalue weighted by Gasteiger charge is 2.26. The first-order valence-electron chi connectivity index (χ1n) is 7.32. The van der Waals surface area contributed by atoms with Crippen LogP contribution in [0.3, 0.4) is 0 Å². The number of para-hydroxylation sites is 1. The Morgan fingerprint density at radius 2 is 2.05 bits per heavy atom. The lowest BCUT2D eigenvalue weighted by molar-refractivity contribution is 0.0324. The molecule has 0 radical (unpaired) electrons. The van der Waals surface area contributed by atoms with Gasteiger partial charge in [-0.3, -0.25) is 0 Å². The summed E-state index contributed by atoms with van der Waals surface area (Å²) in [4.78, 5) is 11.2. The zero-order valence-corrected chi connectivity index (χ0v) is 12.3. The minimum absolute atomic E-state index is 0.181. The molecule has 22 heavy (non-hydrogen) atoms. The summed E-state index contributed by atoms with van der Waals surface area (Å²) in [5.41, 5.74) is 0.999. The number of ether oxygens (including phenoxy) is 1. The lowest BCUT2D eigenvalue weighted by atomic mass is 10.2. The highest BCUT2D eigenvalue weighted by atomic mass is 16.5. The molecule has 1 atom stereocenters. The second kappa shape index (κ2) is 5.38. The lowest BCUT2D eigenvalue weighted by Crippen LogP contribution is -2.39. The van der Waals surface area contributed by atoms with Crippen LogP contribution in [-0.4, -0.2) is 34.8 Å². The number of hydrogen-bond donors (Lipinski definition) is 0.